The summed E-state index contributed by atoms with van der Waals surface area (Å²) in [5.74, 6) is 0.00825. The van der Waals surface area contributed by atoms with Crippen LogP contribution in [-0.4, -0.2) is 12.6 Å². The third-order valence-electron chi connectivity index (χ3n) is 6.50. The summed E-state index contributed by atoms with van der Waals surface area (Å²) in [6, 6.07) is 0. The highest BCUT2D eigenvalue weighted by atomic mass is 16.5. The van der Waals surface area contributed by atoms with Crippen LogP contribution in [0.15, 0.2) is 0 Å². The molecule has 0 bridgehead atoms. The Labute approximate surface area is 196 Å². The number of rotatable bonds is 26. The van der Waals surface area contributed by atoms with Crippen LogP contribution in [0.5, 0.6) is 0 Å². The van der Waals surface area contributed by atoms with Crippen LogP contribution in [0, 0.1) is 0 Å². The van der Waals surface area contributed by atoms with Crippen LogP contribution >= 0.6 is 0 Å². The zero-order valence-corrected chi connectivity index (χ0v) is 21.7. The van der Waals surface area contributed by atoms with Crippen LogP contribution in [0.3, 0.4) is 0 Å². The summed E-state index contributed by atoms with van der Waals surface area (Å²) in [5, 5.41) is 0. The lowest BCUT2D eigenvalue weighted by Gasteiger charge is -2.05. The predicted octanol–water partition coefficient (Wildman–Crippen LogP) is 10.3. The first-order valence-electron chi connectivity index (χ1n) is 14.5. The number of carbonyl (C=O) groups excluding carboxylic acids is 1. The van der Waals surface area contributed by atoms with Gasteiger partial charge in [0.15, 0.2) is 0 Å². The van der Waals surface area contributed by atoms with Crippen molar-refractivity contribution in [2.45, 2.75) is 174 Å². The molecule has 0 atom stereocenters. The van der Waals surface area contributed by atoms with Crippen molar-refractivity contribution in [3.05, 3.63) is 0 Å². The number of esters is 1. The fourth-order valence-corrected chi connectivity index (χ4v) is 4.31. The molecule has 0 rings (SSSR count). The lowest BCUT2D eigenvalue weighted by molar-refractivity contribution is -0.143. The van der Waals surface area contributed by atoms with Crippen molar-refractivity contribution in [2.24, 2.45) is 0 Å². The minimum Gasteiger partial charge on any atom is -0.466 e. The summed E-state index contributed by atoms with van der Waals surface area (Å²) in [6.07, 6.45) is 33.1. The Hall–Kier alpha value is -0.530. The Morgan fingerprint density at radius 1 is 0.419 bits per heavy atom. The van der Waals surface area contributed by atoms with Gasteiger partial charge in [0.2, 0.25) is 0 Å². The number of hydrogen-bond donors (Lipinski definition) is 0. The minimum atomic E-state index is 0.00825. The van der Waals surface area contributed by atoms with Crippen molar-refractivity contribution < 1.29 is 9.53 Å². The SMILES string of the molecule is CCCCCCCCCCCCCCCCCCCCCCOC(=O)CCCCCC. The van der Waals surface area contributed by atoms with Gasteiger partial charge < -0.3 is 4.74 Å². The van der Waals surface area contributed by atoms with E-state index in [1.54, 1.807) is 0 Å². The summed E-state index contributed by atoms with van der Waals surface area (Å²) in [4.78, 5) is 11.6. The fraction of sp³-hybridized carbons (Fsp3) is 0.966. The Morgan fingerprint density at radius 3 is 1.06 bits per heavy atom. The summed E-state index contributed by atoms with van der Waals surface area (Å²) < 4.78 is 5.32. The molecule has 2 heteroatoms. The molecule has 0 heterocycles. The molecule has 0 radical (unpaired) electrons. The van der Waals surface area contributed by atoms with E-state index in [4.69, 9.17) is 4.74 Å². The first-order chi connectivity index (χ1) is 15.3. The van der Waals surface area contributed by atoms with Gasteiger partial charge in [0.05, 0.1) is 6.61 Å². The molecule has 0 aliphatic heterocycles. The second-order valence-electron chi connectivity index (χ2n) is 9.75. The van der Waals surface area contributed by atoms with E-state index in [0.717, 1.165) is 19.3 Å². The molecule has 0 saturated heterocycles. The number of carbonyl (C=O) groups is 1. The molecule has 2 nitrogen and oxygen atoms in total. The van der Waals surface area contributed by atoms with Crippen molar-refractivity contribution in [1.82, 2.24) is 0 Å². The van der Waals surface area contributed by atoms with Crippen LogP contribution in [0.1, 0.15) is 174 Å². The highest BCUT2D eigenvalue weighted by Gasteiger charge is 2.02. The highest BCUT2D eigenvalue weighted by molar-refractivity contribution is 5.69. The molecule has 0 aromatic heterocycles. The van der Waals surface area contributed by atoms with Gasteiger partial charge in [-0.2, -0.15) is 0 Å². The number of ether oxygens (including phenoxy) is 1. The highest BCUT2D eigenvalue weighted by Crippen LogP contribution is 2.15. The van der Waals surface area contributed by atoms with Gasteiger partial charge >= 0.3 is 5.97 Å². The number of hydrogen-bond acceptors (Lipinski definition) is 2. The normalized spacial score (nSPS) is 11.2. The fourth-order valence-electron chi connectivity index (χ4n) is 4.31. The Balaban J connectivity index is 3.07. The first kappa shape index (κ1) is 30.5. The third-order valence-corrected chi connectivity index (χ3v) is 6.50. The van der Waals surface area contributed by atoms with Gasteiger partial charge in [-0.25, -0.2) is 0 Å². The quantitative estimate of drug-likeness (QED) is 0.0991. The van der Waals surface area contributed by atoms with Crippen molar-refractivity contribution in [3.63, 3.8) is 0 Å². The van der Waals surface area contributed by atoms with Crippen LogP contribution in [0.2, 0.25) is 0 Å². The molecule has 0 spiro atoms. The first-order valence-corrected chi connectivity index (χ1v) is 14.5. The molecule has 0 unspecified atom stereocenters. The van der Waals surface area contributed by atoms with Crippen LogP contribution in [0.4, 0.5) is 0 Å². The maximum atomic E-state index is 11.6. The molecule has 0 saturated carbocycles. The molecular weight excluding hydrogens is 380 g/mol. The molecule has 0 amide bonds. The van der Waals surface area contributed by atoms with Gasteiger partial charge in [-0.15, -0.1) is 0 Å². The van der Waals surface area contributed by atoms with E-state index in [0.29, 0.717) is 13.0 Å². The summed E-state index contributed by atoms with van der Waals surface area (Å²) in [5.41, 5.74) is 0. The van der Waals surface area contributed by atoms with Crippen LogP contribution in [-0.2, 0) is 9.53 Å². The van der Waals surface area contributed by atoms with Gasteiger partial charge in [-0.1, -0.05) is 155 Å². The average Bonchev–Trinajstić information content (AvgIpc) is 2.77. The van der Waals surface area contributed by atoms with Gasteiger partial charge in [0.25, 0.3) is 0 Å². The maximum Gasteiger partial charge on any atom is 0.305 e. The van der Waals surface area contributed by atoms with Crippen molar-refractivity contribution in [3.8, 4) is 0 Å². The van der Waals surface area contributed by atoms with Gasteiger partial charge in [-0.05, 0) is 12.8 Å². The molecule has 31 heavy (non-hydrogen) atoms. The predicted molar refractivity (Wildman–Crippen MR) is 138 cm³/mol. The standard InChI is InChI=1S/C29H58O2/c1-3-5-7-9-10-11-12-13-14-15-16-17-18-19-20-21-22-23-24-26-28-31-29(30)27-25-8-6-4-2/h3-28H2,1-2H3. The molecule has 0 aliphatic carbocycles. The van der Waals surface area contributed by atoms with E-state index < -0.39 is 0 Å². The second-order valence-corrected chi connectivity index (χ2v) is 9.75. The zero-order valence-electron chi connectivity index (χ0n) is 21.7. The number of unbranched alkanes of at least 4 members (excludes halogenated alkanes) is 22. The van der Waals surface area contributed by atoms with E-state index in [2.05, 4.69) is 13.8 Å². The molecule has 186 valence electrons. The second kappa shape index (κ2) is 27.5. The van der Waals surface area contributed by atoms with Gasteiger partial charge in [-0.3, -0.25) is 4.79 Å². The molecular formula is C29H58O2. The van der Waals surface area contributed by atoms with Crippen molar-refractivity contribution in [1.29, 1.82) is 0 Å². The molecule has 0 fully saturated rings. The molecule has 0 aliphatic rings. The minimum absolute atomic E-state index is 0.00825. The van der Waals surface area contributed by atoms with Gasteiger partial charge in [0.1, 0.15) is 0 Å². The van der Waals surface area contributed by atoms with Crippen molar-refractivity contribution >= 4 is 5.97 Å². The topological polar surface area (TPSA) is 26.3 Å². The molecule has 0 aromatic rings. The Bertz CT molecular complexity index is 340. The maximum absolute atomic E-state index is 11.6. The summed E-state index contributed by atoms with van der Waals surface area (Å²) in [7, 11) is 0. The van der Waals surface area contributed by atoms with E-state index in [1.807, 2.05) is 0 Å². The smallest absolute Gasteiger partial charge is 0.305 e. The zero-order chi connectivity index (χ0) is 22.7. The summed E-state index contributed by atoms with van der Waals surface area (Å²) >= 11 is 0. The van der Waals surface area contributed by atoms with E-state index in [1.165, 1.54) is 135 Å². The van der Waals surface area contributed by atoms with Crippen LogP contribution < -0.4 is 0 Å². The van der Waals surface area contributed by atoms with E-state index >= 15 is 0 Å². The van der Waals surface area contributed by atoms with E-state index in [-0.39, 0.29) is 5.97 Å². The van der Waals surface area contributed by atoms with Crippen LogP contribution in [0.25, 0.3) is 0 Å². The average molecular weight is 439 g/mol. The molecule has 0 N–H and O–H groups in total. The summed E-state index contributed by atoms with van der Waals surface area (Å²) in [6.45, 7) is 5.12. The van der Waals surface area contributed by atoms with E-state index in [9.17, 15) is 4.79 Å². The largest absolute Gasteiger partial charge is 0.466 e. The monoisotopic (exact) mass is 438 g/mol. The van der Waals surface area contributed by atoms with Gasteiger partial charge in [0, 0.05) is 6.42 Å². The molecule has 0 aromatic carbocycles. The lowest BCUT2D eigenvalue weighted by Crippen LogP contribution is -2.05. The Morgan fingerprint density at radius 2 is 0.710 bits per heavy atom. The third kappa shape index (κ3) is 27.4. The Kier molecular flexibility index (Phi) is 27.0. The lowest BCUT2D eigenvalue weighted by atomic mass is 10.0. The van der Waals surface area contributed by atoms with Crippen molar-refractivity contribution in [2.75, 3.05) is 6.61 Å².